The van der Waals surface area contributed by atoms with E-state index in [-0.39, 0.29) is 12.4 Å². The molecular formula is C7H16ClNO3. The number of hydrogen-bond donors (Lipinski definition) is 3. The molecular weight excluding hydrogens is 182 g/mol. The summed E-state index contributed by atoms with van der Waals surface area (Å²) in [6.07, 6.45) is 0.955. The van der Waals surface area contributed by atoms with E-state index in [2.05, 4.69) is 0 Å². The molecule has 0 amide bonds. The second-order valence-electron chi connectivity index (χ2n) is 2.59. The Balaban J connectivity index is 0. The van der Waals surface area contributed by atoms with Gasteiger partial charge in [-0.15, -0.1) is 12.4 Å². The van der Waals surface area contributed by atoms with Crippen LogP contribution >= 0.6 is 12.4 Å². The molecule has 0 aromatic heterocycles. The molecule has 0 aromatic rings. The molecule has 0 unspecified atom stereocenters. The molecule has 2 atom stereocenters. The van der Waals surface area contributed by atoms with Crippen LogP contribution in [-0.2, 0) is 4.79 Å². The highest BCUT2D eigenvalue weighted by Crippen LogP contribution is 2.02. The van der Waals surface area contributed by atoms with E-state index in [4.69, 9.17) is 15.9 Å². The summed E-state index contributed by atoms with van der Waals surface area (Å²) >= 11 is 0. The van der Waals surface area contributed by atoms with E-state index in [9.17, 15) is 4.79 Å². The zero-order valence-corrected chi connectivity index (χ0v) is 7.88. The first-order chi connectivity index (χ1) is 5.09. The SMILES string of the molecule is CCCC[C@H](N)[C@@H](O)C(=O)O.Cl. The van der Waals surface area contributed by atoms with E-state index < -0.39 is 18.1 Å². The molecule has 0 radical (unpaired) electrons. The van der Waals surface area contributed by atoms with Crippen LogP contribution in [0.3, 0.4) is 0 Å². The smallest absolute Gasteiger partial charge is 0.334 e. The van der Waals surface area contributed by atoms with Crippen LogP contribution in [0.5, 0.6) is 0 Å². The maximum Gasteiger partial charge on any atom is 0.334 e. The zero-order valence-electron chi connectivity index (χ0n) is 7.06. The Morgan fingerprint density at radius 1 is 1.58 bits per heavy atom. The standard InChI is InChI=1S/C7H15NO3.ClH/c1-2-3-4-5(8)6(9)7(10)11;/h5-6,9H,2-4,8H2,1H3,(H,10,11);1H/t5-,6+;/m0./s1. The number of unbranched alkanes of at least 4 members (excludes halogenated alkanes) is 1. The summed E-state index contributed by atoms with van der Waals surface area (Å²) in [5.74, 6) is -1.24. The van der Waals surface area contributed by atoms with Crippen molar-refractivity contribution < 1.29 is 15.0 Å². The lowest BCUT2D eigenvalue weighted by Gasteiger charge is -2.13. The Labute approximate surface area is 78.2 Å². The number of carboxylic acid groups (broad SMARTS) is 1. The first kappa shape index (κ1) is 14.2. The number of aliphatic hydroxyl groups excluding tert-OH is 1. The Hall–Kier alpha value is -0.320. The van der Waals surface area contributed by atoms with Crippen molar-refractivity contribution in [1.29, 1.82) is 0 Å². The van der Waals surface area contributed by atoms with Gasteiger partial charge in [0.2, 0.25) is 0 Å². The zero-order chi connectivity index (χ0) is 8.85. The second-order valence-corrected chi connectivity index (χ2v) is 2.59. The third-order valence-corrected chi connectivity index (χ3v) is 1.55. The maximum absolute atomic E-state index is 10.2. The largest absolute Gasteiger partial charge is 0.479 e. The summed E-state index contributed by atoms with van der Waals surface area (Å²) in [7, 11) is 0. The van der Waals surface area contributed by atoms with Crippen molar-refractivity contribution in [3.63, 3.8) is 0 Å². The lowest BCUT2D eigenvalue weighted by Crippen LogP contribution is -2.40. The molecule has 0 fully saturated rings. The molecule has 0 saturated carbocycles. The normalized spacial score (nSPS) is 14.6. The highest BCUT2D eigenvalue weighted by molar-refractivity contribution is 5.85. The maximum atomic E-state index is 10.2. The van der Waals surface area contributed by atoms with Crippen molar-refractivity contribution in [2.75, 3.05) is 0 Å². The van der Waals surface area contributed by atoms with Crippen LogP contribution < -0.4 is 5.73 Å². The lowest BCUT2D eigenvalue weighted by molar-refractivity contribution is -0.147. The van der Waals surface area contributed by atoms with Gasteiger partial charge in [0.15, 0.2) is 6.10 Å². The number of carbonyl (C=O) groups is 1. The monoisotopic (exact) mass is 197 g/mol. The van der Waals surface area contributed by atoms with Crippen LogP contribution in [0, 0.1) is 0 Å². The highest BCUT2D eigenvalue weighted by atomic mass is 35.5. The van der Waals surface area contributed by atoms with Crippen molar-refractivity contribution in [2.24, 2.45) is 5.73 Å². The number of aliphatic hydroxyl groups is 1. The van der Waals surface area contributed by atoms with E-state index in [0.29, 0.717) is 6.42 Å². The summed E-state index contributed by atoms with van der Waals surface area (Å²) in [4.78, 5) is 10.2. The van der Waals surface area contributed by atoms with Gasteiger partial charge in [-0.25, -0.2) is 4.79 Å². The summed E-state index contributed by atoms with van der Waals surface area (Å²) in [5, 5.41) is 17.2. The number of carboxylic acids is 1. The van der Waals surface area contributed by atoms with Gasteiger partial charge < -0.3 is 15.9 Å². The predicted molar refractivity (Wildman–Crippen MR) is 48.4 cm³/mol. The minimum absolute atomic E-state index is 0. The van der Waals surface area contributed by atoms with Gasteiger partial charge in [-0.3, -0.25) is 0 Å². The van der Waals surface area contributed by atoms with E-state index in [0.717, 1.165) is 12.8 Å². The van der Waals surface area contributed by atoms with Gasteiger partial charge in [-0.2, -0.15) is 0 Å². The fourth-order valence-electron chi connectivity index (χ4n) is 0.781. The third kappa shape index (κ3) is 5.35. The Morgan fingerprint density at radius 3 is 2.42 bits per heavy atom. The van der Waals surface area contributed by atoms with Gasteiger partial charge in [0, 0.05) is 6.04 Å². The molecule has 0 saturated heterocycles. The molecule has 74 valence electrons. The van der Waals surface area contributed by atoms with E-state index in [1.807, 2.05) is 6.92 Å². The molecule has 0 aromatic carbocycles. The van der Waals surface area contributed by atoms with Gasteiger partial charge in [-0.05, 0) is 6.42 Å². The van der Waals surface area contributed by atoms with Gasteiger partial charge in [0.25, 0.3) is 0 Å². The Morgan fingerprint density at radius 2 is 2.08 bits per heavy atom. The van der Waals surface area contributed by atoms with Crippen molar-refractivity contribution in [3.8, 4) is 0 Å². The Kier molecular flexibility index (Phi) is 8.69. The third-order valence-electron chi connectivity index (χ3n) is 1.55. The summed E-state index contributed by atoms with van der Waals surface area (Å²) in [6, 6.07) is -0.632. The molecule has 0 spiro atoms. The van der Waals surface area contributed by atoms with Gasteiger partial charge in [0.1, 0.15) is 0 Å². The predicted octanol–water partition coefficient (Wildman–Crippen LogP) is 0.371. The highest BCUT2D eigenvalue weighted by Gasteiger charge is 2.20. The van der Waals surface area contributed by atoms with Crippen LogP contribution in [0.2, 0.25) is 0 Å². The quantitative estimate of drug-likeness (QED) is 0.595. The molecule has 0 bridgehead atoms. The molecule has 12 heavy (non-hydrogen) atoms. The number of rotatable bonds is 5. The molecule has 4 nitrogen and oxygen atoms in total. The minimum Gasteiger partial charge on any atom is -0.479 e. The van der Waals surface area contributed by atoms with Crippen LogP contribution in [-0.4, -0.2) is 28.3 Å². The number of hydrogen-bond acceptors (Lipinski definition) is 3. The topological polar surface area (TPSA) is 83.5 Å². The molecule has 5 heteroatoms. The van der Waals surface area contributed by atoms with Crippen molar-refractivity contribution >= 4 is 18.4 Å². The first-order valence-electron chi connectivity index (χ1n) is 3.76. The number of halogens is 1. The minimum atomic E-state index is -1.42. The first-order valence-corrected chi connectivity index (χ1v) is 3.76. The molecule has 0 heterocycles. The van der Waals surface area contributed by atoms with Gasteiger partial charge in [-0.1, -0.05) is 19.8 Å². The summed E-state index contributed by atoms with van der Waals surface area (Å²) in [6.45, 7) is 1.99. The van der Waals surface area contributed by atoms with Crippen molar-refractivity contribution in [2.45, 2.75) is 38.3 Å². The fourth-order valence-corrected chi connectivity index (χ4v) is 0.781. The van der Waals surface area contributed by atoms with E-state index in [1.54, 1.807) is 0 Å². The summed E-state index contributed by atoms with van der Waals surface area (Å²) < 4.78 is 0. The van der Waals surface area contributed by atoms with Crippen molar-refractivity contribution in [1.82, 2.24) is 0 Å². The average Bonchev–Trinajstić information content (AvgIpc) is 1.98. The Bertz CT molecular complexity index is 132. The fraction of sp³-hybridized carbons (Fsp3) is 0.857. The number of nitrogens with two attached hydrogens (primary N) is 1. The number of aliphatic carboxylic acids is 1. The van der Waals surface area contributed by atoms with Crippen LogP contribution in [0.15, 0.2) is 0 Å². The molecule has 4 N–H and O–H groups in total. The average molecular weight is 198 g/mol. The van der Waals surface area contributed by atoms with E-state index in [1.165, 1.54) is 0 Å². The molecule has 0 aliphatic heterocycles. The lowest BCUT2D eigenvalue weighted by atomic mass is 10.1. The summed E-state index contributed by atoms with van der Waals surface area (Å²) in [5.41, 5.74) is 5.37. The van der Waals surface area contributed by atoms with Gasteiger partial charge in [0.05, 0.1) is 0 Å². The van der Waals surface area contributed by atoms with Gasteiger partial charge >= 0.3 is 5.97 Å². The second kappa shape index (κ2) is 7.34. The molecule has 0 rings (SSSR count). The van der Waals surface area contributed by atoms with Crippen molar-refractivity contribution in [3.05, 3.63) is 0 Å². The van der Waals surface area contributed by atoms with Crippen LogP contribution in [0.25, 0.3) is 0 Å². The van der Waals surface area contributed by atoms with E-state index >= 15 is 0 Å². The van der Waals surface area contributed by atoms with Crippen LogP contribution in [0.1, 0.15) is 26.2 Å². The van der Waals surface area contributed by atoms with Crippen LogP contribution in [0.4, 0.5) is 0 Å². The molecule has 0 aliphatic carbocycles. The molecule has 0 aliphatic rings.